The van der Waals surface area contributed by atoms with E-state index in [2.05, 4.69) is 28.2 Å². The first-order valence-corrected chi connectivity index (χ1v) is 7.57. The molecule has 0 aliphatic carbocycles. The lowest BCUT2D eigenvalue weighted by Gasteiger charge is -2.19. The minimum absolute atomic E-state index is 0.0404. The molecule has 1 N–H and O–H groups in total. The van der Waals surface area contributed by atoms with Crippen LogP contribution in [0, 0.1) is 17.0 Å². The number of nitrogens with one attached hydrogen (secondary N) is 1. The molecule has 1 unspecified atom stereocenters. The summed E-state index contributed by atoms with van der Waals surface area (Å²) >= 11 is 3.41. The fraction of sp³-hybridized carbons (Fsp3) is 0.250. The van der Waals surface area contributed by atoms with Gasteiger partial charge in [-0.05, 0) is 42.7 Å². The Kier molecular flexibility index (Phi) is 4.96. The maximum Gasteiger partial charge on any atom is 0.292 e. The van der Waals surface area contributed by atoms with E-state index in [1.165, 1.54) is 0 Å². The van der Waals surface area contributed by atoms with Gasteiger partial charge in [0.25, 0.3) is 5.69 Å². The van der Waals surface area contributed by atoms with Gasteiger partial charge in [-0.1, -0.05) is 41.1 Å². The average molecular weight is 349 g/mol. The highest BCUT2D eigenvalue weighted by Gasteiger charge is 2.17. The number of anilines is 1. The first-order chi connectivity index (χ1) is 10.0. The van der Waals surface area contributed by atoms with E-state index in [1.807, 2.05) is 37.3 Å². The number of nitro groups is 1. The molecule has 110 valence electrons. The number of hydrogen-bond acceptors (Lipinski definition) is 3. The third kappa shape index (κ3) is 3.82. The third-order valence-electron chi connectivity index (χ3n) is 3.36. The summed E-state index contributed by atoms with van der Waals surface area (Å²) in [5, 5.41) is 14.4. The van der Waals surface area contributed by atoms with Crippen molar-refractivity contribution in [2.24, 2.45) is 0 Å². The van der Waals surface area contributed by atoms with E-state index in [0.717, 1.165) is 22.0 Å². The van der Waals surface area contributed by atoms with E-state index < -0.39 is 0 Å². The van der Waals surface area contributed by atoms with Crippen molar-refractivity contribution in [1.82, 2.24) is 0 Å². The van der Waals surface area contributed by atoms with Gasteiger partial charge >= 0.3 is 0 Å². The molecule has 0 spiro atoms. The van der Waals surface area contributed by atoms with Crippen molar-refractivity contribution in [3.63, 3.8) is 0 Å². The Hall–Kier alpha value is -1.88. The van der Waals surface area contributed by atoms with Gasteiger partial charge in [-0.3, -0.25) is 10.1 Å². The molecule has 0 saturated carbocycles. The highest BCUT2D eigenvalue weighted by atomic mass is 79.9. The quantitative estimate of drug-likeness (QED) is 0.594. The Balaban J connectivity index is 2.32. The predicted octanol–water partition coefficient (Wildman–Crippen LogP) is 5.23. The highest BCUT2D eigenvalue weighted by Crippen LogP contribution is 2.30. The Labute approximate surface area is 132 Å². The lowest BCUT2D eigenvalue weighted by molar-refractivity contribution is -0.384. The Bertz CT molecular complexity index is 641. The van der Waals surface area contributed by atoms with Crippen molar-refractivity contribution in [2.75, 3.05) is 5.32 Å². The lowest BCUT2D eigenvalue weighted by Crippen LogP contribution is -2.11. The molecule has 2 aromatic rings. The maximum atomic E-state index is 11.1. The molecule has 0 aliphatic rings. The van der Waals surface area contributed by atoms with Crippen molar-refractivity contribution in [3.8, 4) is 0 Å². The molecule has 0 aromatic heterocycles. The van der Waals surface area contributed by atoms with Crippen LogP contribution in [-0.2, 0) is 0 Å². The summed E-state index contributed by atoms with van der Waals surface area (Å²) in [5.74, 6) is 0. The predicted molar refractivity (Wildman–Crippen MR) is 88.6 cm³/mol. The number of halogens is 1. The number of nitrogens with zero attached hydrogens (tertiary/aromatic N) is 1. The molecule has 0 amide bonds. The highest BCUT2D eigenvalue weighted by molar-refractivity contribution is 9.10. The average Bonchev–Trinajstić information content (AvgIpc) is 2.45. The van der Waals surface area contributed by atoms with Crippen LogP contribution in [0.2, 0.25) is 0 Å². The second-order valence-corrected chi connectivity index (χ2v) is 5.85. The van der Waals surface area contributed by atoms with Crippen LogP contribution >= 0.6 is 15.9 Å². The molecule has 0 aliphatic heterocycles. The molecular formula is C16H17BrN2O2. The number of rotatable bonds is 5. The summed E-state index contributed by atoms with van der Waals surface area (Å²) in [7, 11) is 0. The van der Waals surface area contributed by atoms with Gasteiger partial charge in [0.05, 0.1) is 11.0 Å². The minimum atomic E-state index is -0.351. The van der Waals surface area contributed by atoms with Crippen LogP contribution in [0.1, 0.15) is 30.5 Å². The minimum Gasteiger partial charge on any atom is -0.373 e. The summed E-state index contributed by atoms with van der Waals surface area (Å²) in [6.07, 6.45) is 0.840. The summed E-state index contributed by atoms with van der Waals surface area (Å²) in [4.78, 5) is 10.8. The van der Waals surface area contributed by atoms with E-state index >= 15 is 0 Å². The summed E-state index contributed by atoms with van der Waals surface area (Å²) in [6.45, 7) is 3.98. The molecule has 2 rings (SSSR count). The fourth-order valence-corrected chi connectivity index (χ4v) is 2.49. The van der Waals surface area contributed by atoms with Gasteiger partial charge in [0, 0.05) is 10.5 Å². The van der Waals surface area contributed by atoms with Gasteiger partial charge in [-0.25, -0.2) is 0 Å². The lowest BCUT2D eigenvalue weighted by atomic mass is 10.0. The molecule has 5 heteroatoms. The largest absolute Gasteiger partial charge is 0.373 e. The van der Waals surface area contributed by atoms with Gasteiger partial charge in [0.2, 0.25) is 0 Å². The molecular weight excluding hydrogens is 332 g/mol. The van der Waals surface area contributed by atoms with Crippen LogP contribution in [0.4, 0.5) is 11.4 Å². The van der Waals surface area contributed by atoms with Crippen molar-refractivity contribution in [1.29, 1.82) is 0 Å². The number of aryl methyl sites for hydroxylation is 1. The maximum absolute atomic E-state index is 11.1. The first kappa shape index (κ1) is 15.5. The molecule has 0 bridgehead atoms. The number of benzene rings is 2. The molecule has 2 aromatic carbocycles. The fourth-order valence-electron chi connectivity index (χ4n) is 2.23. The molecule has 0 radical (unpaired) electrons. The van der Waals surface area contributed by atoms with Crippen molar-refractivity contribution >= 4 is 27.3 Å². The van der Waals surface area contributed by atoms with Crippen molar-refractivity contribution in [2.45, 2.75) is 26.3 Å². The molecule has 4 nitrogen and oxygen atoms in total. The number of hydrogen-bond donors (Lipinski definition) is 1. The van der Waals surface area contributed by atoms with E-state index in [4.69, 9.17) is 0 Å². The molecule has 0 heterocycles. The van der Waals surface area contributed by atoms with Crippen LogP contribution in [0.15, 0.2) is 46.9 Å². The standard InChI is InChI=1S/C16H17BrN2O2/c1-3-14(12-5-7-13(17)8-6-12)18-15-10-11(2)4-9-16(15)19(20)21/h4-10,14,18H,3H2,1-2H3. The monoisotopic (exact) mass is 348 g/mol. The third-order valence-corrected chi connectivity index (χ3v) is 3.89. The van der Waals surface area contributed by atoms with Crippen molar-refractivity contribution in [3.05, 3.63) is 68.2 Å². The summed E-state index contributed by atoms with van der Waals surface area (Å²) < 4.78 is 1.02. The van der Waals surface area contributed by atoms with Gasteiger partial charge in [0.15, 0.2) is 0 Å². The molecule has 0 fully saturated rings. The SMILES string of the molecule is CCC(Nc1cc(C)ccc1[N+](=O)[O-])c1ccc(Br)cc1. The zero-order chi connectivity index (χ0) is 15.4. The summed E-state index contributed by atoms with van der Waals surface area (Å²) in [5.41, 5.74) is 2.77. The van der Waals surface area contributed by atoms with Gasteiger partial charge in [-0.2, -0.15) is 0 Å². The molecule has 21 heavy (non-hydrogen) atoms. The van der Waals surface area contributed by atoms with Crippen LogP contribution in [-0.4, -0.2) is 4.92 Å². The van der Waals surface area contributed by atoms with Gasteiger partial charge in [0.1, 0.15) is 5.69 Å². The normalized spacial score (nSPS) is 12.0. The van der Waals surface area contributed by atoms with Crippen LogP contribution < -0.4 is 5.32 Å². The zero-order valence-electron chi connectivity index (χ0n) is 12.0. The Morgan fingerprint density at radius 1 is 1.24 bits per heavy atom. The molecule has 1 atom stereocenters. The van der Waals surface area contributed by atoms with E-state index in [1.54, 1.807) is 12.1 Å². The second-order valence-electron chi connectivity index (χ2n) is 4.93. The Morgan fingerprint density at radius 2 is 1.90 bits per heavy atom. The topological polar surface area (TPSA) is 55.2 Å². The summed E-state index contributed by atoms with van der Waals surface area (Å²) in [6, 6.07) is 13.2. The van der Waals surface area contributed by atoms with Gasteiger partial charge < -0.3 is 5.32 Å². The molecule has 0 saturated heterocycles. The van der Waals surface area contributed by atoms with Crippen LogP contribution in [0.25, 0.3) is 0 Å². The van der Waals surface area contributed by atoms with E-state index in [0.29, 0.717) is 5.69 Å². The van der Waals surface area contributed by atoms with Gasteiger partial charge in [-0.15, -0.1) is 0 Å². The van der Waals surface area contributed by atoms with E-state index in [-0.39, 0.29) is 16.7 Å². The smallest absolute Gasteiger partial charge is 0.292 e. The van der Waals surface area contributed by atoms with E-state index in [9.17, 15) is 10.1 Å². The number of nitro benzene ring substituents is 1. The van der Waals surface area contributed by atoms with Crippen LogP contribution in [0.5, 0.6) is 0 Å². The van der Waals surface area contributed by atoms with Crippen molar-refractivity contribution < 1.29 is 4.92 Å². The second kappa shape index (κ2) is 6.72. The zero-order valence-corrected chi connectivity index (χ0v) is 13.6. The Morgan fingerprint density at radius 3 is 2.48 bits per heavy atom. The first-order valence-electron chi connectivity index (χ1n) is 6.78. The van der Waals surface area contributed by atoms with Crippen LogP contribution in [0.3, 0.4) is 0 Å².